The third kappa shape index (κ3) is 9.66. The van der Waals surface area contributed by atoms with Gasteiger partial charge in [-0.15, -0.1) is 0 Å². The Morgan fingerprint density at radius 2 is 1.14 bits per heavy atom. The minimum absolute atomic E-state index is 0.00307. The number of fused-ring (bicyclic) bond motifs is 7. The molecule has 8 fully saturated rings. The van der Waals surface area contributed by atoms with Crippen LogP contribution >= 0.6 is 0 Å². The van der Waals surface area contributed by atoms with Crippen molar-refractivity contribution in [1.82, 2.24) is 0 Å². The van der Waals surface area contributed by atoms with Gasteiger partial charge < -0.3 is 104 Å². The molecule has 0 aromatic rings. The van der Waals surface area contributed by atoms with Crippen LogP contribution < -0.4 is 0 Å². The summed E-state index contributed by atoms with van der Waals surface area (Å²) in [5.41, 5.74) is -1.46. The lowest BCUT2D eigenvalue weighted by molar-refractivity contribution is -0.395. The summed E-state index contributed by atoms with van der Waals surface area (Å²) < 4.78 is 48.5. The molecule has 23 nitrogen and oxygen atoms in total. The van der Waals surface area contributed by atoms with E-state index in [1.54, 1.807) is 0 Å². The van der Waals surface area contributed by atoms with Crippen LogP contribution in [0.4, 0.5) is 0 Å². The van der Waals surface area contributed by atoms with Gasteiger partial charge in [-0.2, -0.15) is 0 Å². The molecule has 77 heavy (non-hydrogen) atoms. The topological polar surface area (TPSA) is 371 Å². The maximum Gasteiger partial charge on any atom is 0.335 e. The molecule has 4 heterocycles. The van der Waals surface area contributed by atoms with Crippen LogP contribution in [-0.2, 0) is 47.5 Å². The summed E-state index contributed by atoms with van der Waals surface area (Å²) in [6.07, 6.45) is -26.3. The Labute approximate surface area is 448 Å². The van der Waals surface area contributed by atoms with Crippen molar-refractivity contribution in [2.75, 3.05) is 13.2 Å². The normalized spacial score (nSPS) is 53.4. The van der Waals surface area contributed by atoms with E-state index in [0.717, 1.165) is 19.3 Å². The van der Waals surface area contributed by atoms with Gasteiger partial charge in [-0.1, -0.05) is 60.1 Å². The predicted octanol–water partition coefficient (Wildman–Crippen LogP) is -0.915. The van der Waals surface area contributed by atoms with Gasteiger partial charge in [0.05, 0.1) is 30.8 Å². The summed E-state index contributed by atoms with van der Waals surface area (Å²) in [5.74, 6) is -2.23. The molecule has 13 N–H and O–H groups in total. The molecule has 0 aromatic carbocycles. The van der Waals surface area contributed by atoms with E-state index in [-0.39, 0.29) is 39.4 Å². The minimum Gasteiger partial charge on any atom is -0.479 e. The van der Waals surface area contributed by atoms with Gasteiger partial charge in [0.2, 0.25) is 6.29 Å². The van der Waals surface area contributed by atoms with Crippen molar-refractivity contribution >= 4 is 11.9 Å². The molecule has 9 aliphatic rings. The monoisotopic (exact) mass is 1100 g/mol. The Balaban J connectivity index is 1.00. The third-order valence-electron chi connectivity index (χ3n) is 21.4. The summed E-state index contributed by atoms with van der Waals surface area (Å²) in [4.78, 5) is 27.7. The van der Waals surface area contributed by atoms with Crippen molar-refractivity contribution in [1.29, 1.82) is 0 Å². The van der Waals surface area contributed by atoms with Crippen LogP contribution in [-0.4, -0.2) is 220 Å². The lowest BCUT2D eigenvalue weighted by Gasteiger charge is -2.71. The fourth-order valence-electron chi connectivity index (χ4n) is 16.4. The number of ether oxygens (including phenoxy) is 8. The van der Waals surface area contributed by atoms with Crippen LogP contribution in [0.1, 0.15) is 120 Å². The zero-order chi connectivity index (χ0) is 56.4. The Hall–Kier alpha value is -2.08. The van der Waals surface area contributed by atoms with Crippen LogP contribution in [0.25, 0.3) is 0 Å². The maximum atomic E-state index is 14.8. The summed E-state index contributed by atoms with van der Waals surface area (Å²) in [5, 5.41) is 139. The predicted molar refractivity (Wildman–Crippen MR) is 262 cm³/mol. The first-order chi connectivity index (χ1) is 35.9. The number of aliphatic carboxylic acids is 1. The molecule has 0 unspecified atom stereocenters. The number of hydrogen-bond acceptors (Lipinski definition) is 22. The summed E-state index contributed by atoms with van der Waals surface area (Å²) in [7, 11) is 0. The van der Waals surface area contributed by atoms with Crippen molar-refractivity contribution in [3.63, 3.8) is 0 Å². The van der Waals surface area contributed by atoms with Crippen molar-refractivity contribution in [2.45, 2.75) is 249 Å². The molecule has 440 valence electrons. The molecule has 0 bridgehead atoms. The Morgan fingerprint density at radius 3 is 1.75 bits per heavy atom. The number of carbonyl (C=O) groups excluding carboxylic acids is 1. The Kier molecular flexibility index (Phi) is 16.5. The van der Waals surface area contributed by atoms with Gasteiger partial charge in [-0.05, 0) is 116 Å². The molecule has 5 aliphatic carbocycles. The molecule has 28 atom stereocenters. The molecule has 4 saturated heterocycles. The highest BCUT2D eigenvalue weighted by Gasteiger charge is 2.70. The molecular formula is C54H86O23. The number of allylic oxidation sites excluding steroid dienone is 2. The smallest absolute Gasteiger partial charge is 0.335 e. The first kappa shape index (κ1) is 59.5. The fourth-order valence-corrected chi connectivity index (χ4v) is 16.4. The van der Waals surface area contributed by atoms with Gasteiger partial charge in [0.1, 0.15) is 85.5 Å². The highest BCUT2D eigenvalue weighted by atomic mass is 16.8. The summed E-state index contributed by atoms with van der Waals surface area (Å²) >= 11 is 0. The molecule has 23 heteroatoms. The van der Waals surface area contributed by atoms with Gasteiger partial charge >= 0.3 is 11.9 Å². The lowest BCUT2D eigenvalue weighted by Crippen LogP contribution is -2.68. The Morgan fingerprint density at radius 1 is 0.584 bits per heavy atom. The van der Waals surface area contributed by atoms with Crippen molar-refractivity contribution < 1.29 is 114 Å². The van der Waals surface area contributed by atoms with Gasteiger partial charge in [0.25, 0.3) is 0 Å². The lowest BCUT2D eigenvalue weighted by atomic mass is 9.33. The second-order valence-corrected chi connectivity index (χ2v) is 26.3. The van der Waals surface area contributed by atoms with Gasteiger partial charge in [-0.3, -0.25) is 4.79 Å². The van der Waals surface area contributed by atoms with E-state index >= 15 is 0 Å². The zero-order valence-electron chi connectivity index (χ0n) is 45.3. The number of carbonyl (C=O) groups is 2. The fraction of sp³-hybridized carbons (Fsp3) is 0.926. The van der Waals surface area contributed by atoms with Gasteiger partial charge in [0, 0.05) is 0 Å². The van der Waals surface area contributed by atoms with Crippen LogP contribution in [0, 0.1) is 50.2 Å². The van der Waals surface area contributed by atoms with Crippen LogP contribution in [0.15, 0.2) is 11.6 Å². The minimum atomic E-state index is -2.10. The number of carboxylic acid groups (broad SMARTS) is 1. The van der Waals surface area contributed by atoms with Gasteiger partial charge in [-0.25, -0.2) is 4.79 Å². The molecule has 4 saturated carbocycles. The van der Waals surface area contributed by atoms with Crippen LogP contribution in [0.3, 0.4) is 0 Å². The molecule has 9 rings (SSSR count). The van der Waals surface area contributed by atoms with Gasteiger partial charge in [0.15, 0.2) is 25.0 Å². The summed E-state index contributed by atoms with van der Waals surface area (Å²) in [6.45, 7) is 15.6. The second-order valence-electron chi connectivity index (χ2n) is 26.3. The van der Waals surface area contributed by atoms with Crippen molar-refractivity contribution in [3.8, 4) is 0 Å². The molecule has 0 spiro atoms. The molecule has 4 aliphatic heterocycles. The van der Waals surface area contributed by atoms with E-state index in [0.29, 0.717) is 44.9 Å². The largest absolute Gasteiger partial charge is 0.479 e. The molecular weight excluding hydrogens is 1020 g/mol. The highest BCUT2D eigenvalue weighted by Crippen LogP contribution is 2.76. The van der Waals surface area contributed by atoms with E-state index < -0.39 is 165 Å². The van der Waals surface area contributed by atoms with E-state index in [1.807, 2.05) is 0 Å². The second kappa shape index (κ2) is 21.3. The van der Waals surface area contributed by atoms with Crippen molar-refractivity contribution in [3.05, 3.63) is 11.6 Å². The number of aliphatic hydroxyl groups excluding tert-OH is 12. The number of aliphatic hydroxyl groups is 12. The summed E-state index contributed by atoms with van der Waals surface area (Å²) in [6, 6.07) is 0. The number of carboxylic acids is 1. The van der Waals surface area contributed by atoms with E-state index in [1.165, 1.54) is 12.5 Å². The van der Waals surface area contributed by atoms with E-state index in [4.69, 9.17) is 37.9 Å². The Bertz CT molecular complexity index is 2180. The molecule has 0 radical (unpaired) electrons. The standard InChI is InChI=1S/C54H86O23/c1-22-30(57)33(60)36(63)44(70-22)74-40-39(66)41(43(67)68)75-47(42(40)76-45-37(64)34(61)31(58)25(20-55)71-45)73-29-12-13-51(6)27(50(29,4)5)11-14-53(8)28(51)10-9-23-24-19-49(2,3)15-17-54(24,18-16-52(23,53)7)48(69)77-46-38(65)35(62)32(59)26(21-56)72-46/h9,22,24-42,44-47,55-66H,10-21H2,1-8H3,(H,67,68)/t22-,24+,25+,26-,27-,28+,29+,30+,31-,32-,33+,34+,35-,36-,37-,38-,39+,40+,41-,42-,44-,45-,46+,47+,51+,52-,53-,54-/m0/s1. The van der Waals surface area contributed by atoms with Crippen LogP contribution in [0.5, 0.6) is 0 Å². The molecule has 0 amide bonds. The third-order valence-corrected chi connectivity index (χ3v) is 21.4. The highest BCUT2D eigenvalue weighted by molar-refractivity contribution is 5.79. The first-order valence-corrected chi connectivity index (χ1v) is 27.7. The SMILES string of the molecule is C[C@@H]1O[C@@H](O[C@@H]2[C@@H](O)[C@@H](C(=O)O)O[C@@H](O[C@@H]3CC[C@@]4(C)[C@H]5CC=C6[C@H]7CC(C)(C)CC[C@]7(C(=O)O[C@H]7O[C@@H](CO)[C@H](O)[C@H](O)[C@@H]7O)CC[C@]6(C)[C@@]5(C)CC[C@H]4C3(C)C)[C@H]2O[C@@H]2O[C@H](CO)[C@H](O)[C@@H](O)[C@@H]2O)[C@@H](O)[C@H](O)[C@@H]1O. The quantitative estimate of drug-likeness (QED) is 0.0676. The maximum absolute atomic E-state index is 14.8. The number of hydrogen-bond donors (Lipinski definition) is 13. The average Bonchev–Trinajstić information content (AvgIpc) is 3.43. The number of rotatable bonds is 11. The first-order valence-electron chi connectivity index (χ1n) is 27.7. The molecule has 0 aromatic heterocycles. The van der Waals surface area contributed by atoms with E-state index in [9.17, 15) is 76.0 Å². The van der Waals surface area contributed by atoms with Crippen LogP contribution in [0.2, 0.25) is 0 Å². The zero-order valence-corrected chi connectivity index (χ0v) is 45.3. The van der Waals surface area contributed by atoms with E-state index in [2.05, 4.69) is 54.5 Å². The number of esters is 1. The average molecular weight is 1100 g/mol. The van der Waals surface area contributed by atoms with Crippen molar-refractivity contribution in [2.24, 2.45) is 50.2 Å².